The van der Waals surface area contributed by atoms with Crippen molar-refractivity contribution < 1.29 is 9.47 Å². The number of imidazole rings is 1. The quantitative estimate of drug-likeness (QED) is 0.883. The zero-order valence-corrected chi connectivity index (χ0v) is 14.3. The van der Waals surface area contributed by atoms with Crippen molar-refractivity contribution >= 4 is 17.0 Å². The van der Waals surface area contributed by atoms with Crippen LogP contribution < -0.4 is 5.32 Å². The zero-order chi connectivity index (χ0) is 16.3. The first-order chi connectivity index (χ1) is 11.1. The Kier molecular flexibility index (Phi) is 4.87. The number of aromatic nitrogens is 2. The van der Waals surface area contributed by atoms with E-state index in [4.69, 9.17) is 9.47 Å². The summed E-state index contributed by atoms with van der Waals surface area (Å²) in [4.78, 5) is 4.65. The third-order valence-corrected chi connectivity index (χ3v) is 4.26. The minimum Gasteiger partial charge on any atom is -0.359 e. The maximum atomic E-state index is 6.01. The predicted molar refractivity (Wildman–Crippen MR) is 92.6 cm³/mol. The molecule has 1 atom stereocenters. The zero-order valence-electron chi connectivity index (χ0n) is 14.3. The van der Waals surface area contributed by atoms with Crippen LogP contribution in [-0.4, -0.2) is 36.1 Å². The van der Waals surface area contributed by atoms with E-state index in [1.54, 1.807) is 0 Å². The summed E-state index contributed by atoms with van der Waals surface area (Å²) in [5, 5.41) is 3.20. The SMILES string of the molecule is CNc1nc2ccccc2n1CC(C)(C)COC1CCCCO1. The van der Waals surface area contributed by atoms with Crippen LogP contribution in [0.4, 0.5) is 5.95 Å². The minimum atomic E-state index is -0.0358. The van der Waals surface area contributed by atoms with E-state index < -0.39 is 0 Å². The average molecular weight is 317 g/mol. The largest absolute Gasteiger partial charge is 0.359 e. The van der Waals surface area contributed by atoms with Gasteiger partial charge in [0.05, 0.1) is 17.6 Å². The topological polar surface area (TPSA) is 48.3 Å². The lowest BCUT2D eigenvalue weighted by Crippen LogP contribution is -2.31. The van der Waals surface area contributed by atoms with E-state index in [9.17, 15) is 0 Å². The lowest BCUT2D eigenvalue weighted by Gasteiger charge is -2.30. The Morgan fingerprint density at radius 3 is 2.91 bits per heavy atom. The molecule has 1 aromatic carbocycles. The van der Waals surface area contributed by atoms with Crippen LogP contribution in [0.15, 0.2) is 24.3 Å². The first kappa shape index (κ1) is 16.3. The monoisotopic (exact) mass is 317 g/mol. The molecule has 0 amide bonds. The number of ether oxygens (including phenoxy) is 2. The van der Waals surface area contributed by atoms with E-state index >= 15 is 0 Å². The third kappa shape index (κ3) is 3.85. The van der Waals surface area contributed by atoms with Crippen molar-refractivity contribution in [1.29, 1.82) is 0 Å². The molecule has 3 rings (SSSR count). The minimum absolute atomic E-state index is 0.00409. The van der Waals surface area contributed by atoms with E-state index in [2.05, 4.69) is 40.8 Å². The van der Waals surface area contributed by atoms with Crippen molar-refractivity contribution in [2.45, 2.75) is 45.9 Å². The summed E-state index contributed by atoms with van der Waals surface area (Å²) in [6.07, 6.45) is 3.31. The van der Waals surface area contributed by atoms with Gasteiger partial charge in [-0.2, -0.15) is 0 Å². The average Bonchev–Trinajstić information content (AvgIpc) is 2.91. The summed E-state index contributed by atoms with van der Waals surface area (Å²) in [5.41, 5.74) is 2.17. The van der Waals surface area contributed by atoms with Crippen LogP contribution in [0.2, 0.25) is 0 Å². The summed E-state index contributed by atoms with van der Waals surface area (Å²) in [7, 11) is 1.91. The first-order valence-corrected chi connectivity index (χ1v) is 8.45. The highest BCUT2D eigenvalue weighted by molar-refractivity contribution is 5.78. The second-order valence-corrected chi connectivity index (χ2v) is 7.03. The number of nitrogens with zero attached hydrogens (tertiary/aromatic N) is 2. The number of anilines is 1. The highest BCUT2D eigenvalue weighted by atomic mass is 16.7. The van der Waals surface area contributed by atoms with Crippen molar-refractivity contribution in [3.8, 4) is 0 Å². The molecule has 1 N–H and O–H groups in total. The molecule has 1 unspecified atom stereocenters. The fourth-order valence-corrected chi connectivity index (χ4v) is 3.06. The summed E-state index contributed by atoms with van der Waals surface area (Å²) in [5.74, 6) is 0.896. The number of fused-ring (bicyclic) bond motifs is 1. The van der Waals surface area contributed by atoms with Gasteiger partial charge in [0.15, 0.2) is 6.29 Å². The molecule has 1 saturated heterocycles. The molecule has 0 bridgehead atoms. The van der Waals surface area contributed by atoms with Crippen molar-refractivity contribution in [3.05, 3.63) is 24.3 Å². The first-order valence-electron chi connectivity index (χ1n) is 8.45. The van der Waals surface area contributed by atoms with Crippen molar-refractivity contribution in [2.24, 2.45) is 5.41 Å². The van der Waals surface area contributed by atoms with E-state index in [-0.39, 0.29) is 11.7 Å². The van der Waals surface area contributed by atoms with Gasteiger partial charge in [0.1, 0.15) is 0 Å². The maximum Gasteiger partial charge on any atom is 0.203 e. The summed E-state index contributed by atoms with van der Waals surface area (Å²) >= 11 is 0. The summed E-state index contributed by atoms with van der Waals surface area (Å²) in [6.45, 7) is 6.79. The number of rotatable bonds is 6. The van der Waals surface area contributed by atoms with Gasteiger partial charge >= 0.3 is 0 Å². The number of nitrogens with one attached hydrogen (secondary N) is 1. The fraction of sp³-hybridized carbons (Fsp3) is 0.611. The van der Waals surface area contributed by atoms with Crippen LogP contribution in [0.5, 0.6) is 0 Å². The molecule has 1 aliphatic rings. The standard InChI is InChI=1S/C18H27N3O2/c1-18(2,13-23-16-10-6-7-11-22-16)12-21-15-9-5-4-8-14(15)20-17(21)19-3/h4-5,8-9,16H,6-7,10-13H2,1-3H3,(H,19,20). The molecular weight excluding hydrogens is 290 g/mol. The maximum absolute atomic E-state index is 6.01. The van der Waals surface area contributed by atoms with Gasteiger partial charge in [-0.3, -0.25) is 0 Å². The lowest BCUT2D eigenvalue weighted by molar-refractivity contribution is -0.177. The van der Waals surface area contributed by atoms with Gasteiger partial charge in [0.2, 0.25) is 5.95 Å². The number of hydrogen-bond donors (Lipinski definition) is 1. The third-order valence-electron chi connectivity index (χ3n) is 4.26. The Bertz CT molecular complexity index is 645. The molecule has 1 fully saturated rings. The molecule has 2 heterocycles. The Morgan fingerprint density at radius 1 is 1.35 bits per heavy atom. The van der Waals surface area contributed by atoms with Crippen molar-refractivity contribution in [2.75, 3.05) is 25.6 Å². The van der Waals surface area contributed by atoms with E-state index in [0.717, 1.165) is 43.0 Å². The summed E-state index contributed by atoms with van der Waals surface area (Å²) in [6, 6.07) is 8.24. The Morgan fingerprint density at radius 2 is 2.17 bits per heavy atom. The Hall–Kier alpha value is -1.59. The molecule has 0 spiro atoms. The smallest absolute Gasteiger partial charge is 0.203 e. The molecule has 1 aromatic heterocycles. The van der Waals surface area contributed by atoms with E-state index in [0.29, 0.717) is 6.61 Å². The van der Waals surface area contributed by atoms with Gasteiger partial charge in [-0.05, 0) is 31.4 Å². The molecule has 2 aromatic rings. The highest BCUT2D eigenvalue weighted by Gasteiger charge is 2.25. The van der Waals surface area contributed by atoms with Crippen LogP contribution in [0.25, 0.3) is 11.0 Å². The lowest BCUT2D eigenvalue weighted by atomic mass is 9.94. The molecule has 23 heavy (non-hydrogen) atoms. The fourth-order valence-electron chi connectivity index (χ4n) is 3.06. The second-order valence-electron chi connectivity index (χ2n) is 7.03. The normalized spacial score (nSPS) is 19.2. The van der Waals surface area contributed by atoms with Crippen LogP contribution in [0.3, 0.4) is 0 Å². The molecule has 126 valence electrons. The van der Waals surface area contributed by atoms with Crippen LogP contribution in [-0.2, 0) is 16.0 Å². The molecule has 1 aliphatic heterocycles. The summed E-state index contributed by atoms with van der Waals surface area (Å²) < 4.78 is 13.9. The molecular formula is C18H27N3O2. The van der Waals surface area contributed by atoms with Crippen LogP contribution >= 0.6 is 0 Å². The molecule has 5 heteroatoms. The van der Waals surface area contributed by atoms with E-state index in [1.165, 1.54) is 6.42 Å². The van der Waals surface area contributed by atoms with Crippen molar-refractivity contribution in [1.82, 2.24) is 9.55 Å². The Balaban J connectivity index is 1.71. The van der Waals surface area contributed by atoms with Crippen LogP contribution in [0, 0.1) is 5.41 Å². The van der Waals surface area contributed by atoms with Crippen molar-refractivity contribution in [3.63, 3.8) is 0 Å². The van der Waals surface area contributed by atoms with Gasteiger partial charge in [0, 0.05) is 25.6 Å². The molecule has 0 aliphatic carbocycles. The van der Waals surface area contributed by atoms with Crippen LogP contribution in [0.1, 0.15) is 33.1 Å². The highest BCUT2D eigenvalue weighted by Crippen LogP contribution is 2.27. The van der Waals surface area contributed by atoms with Gasteiger partial charge < -0.3 is 19.4 Å². The molecule has 5 nitrogen and oxygen atoms in total. The van der Waals surface area contributed by atoms with Gasteiger partial charge in [-0.25, -0.2) is 4.98 Å². The van der Waals surface area contributed by atoms with E-state index in [1.807, 2.05) is 19.2 Å². The molecule has 0 saturated carbocycles. The second kappa shape index (κ2) is 6.89. The van der Waals surface area contributed by atoms with Gasteiger partial charge in [0.25, 0.3) is 0 Å². The number of para-hydroxylation sites is 2. The number of hydrogen-bond acceptors (Lipinski definition) is 4. The van der Waals surface area contributed by atoms with Gasteiger partial charge in [-0.15, -0.1) is 0 Å². The molecule has 0 radical (unpaired) electrons. The number of benzene rings is 1. The Labute approximate surface area is 138 Å². The predicted octanol–water partition coefficient (Wildman–Crippen LogP) is 3.65. The van der Waals surface area contributed by atoms with Gasteiger partial charge in [-0.1, -0.05) is 26.0 Å².